The number of nitrogens with zero attached hydrogens (tertiary/aromatic N) is 1. The molecule has 1 heterocycles. The van der Waals surface area contributed by atoms with Crippen LogP contribution in [0.4, 0.5) is 0 Å². The van der Waals surface area contributed by atoms with Crippen molar-refractivity contribution >= 4 is 23.4 Å². The number of benzene rings is 2. The third-order valence-corrected chi connectivity index (χ3v) is 5.40. The number of carbonyl (C=O) groups is 2. The second kappa shape index (κ2) is 9.60. The number of hydrogen-bond donors (Lipinski definition) is 1. The van der Waals surface area contributed by atoms with Gasteiger partial charge in [-0.15, -0.1) is 0 Å². The van der Waals surface area contributed by atoms with Gasteiger partial charge >= 0.3 is 0 Å². The van der Waals surface area contributed by atoms with E-state index in [-0.39, 0.29) is 31.6 Å². The Balaban J connectivity index is 1.74. The van der Waals surface area contributed by atoms with Gasteiger partial charge in [-0.2, -0.15) is 0 Å². The molecule has 166 valence electrons. The molecular formula is C24H29ClN2O4. The quantitative estimate of drug-likeness (QED) is 0.690. The van der Waals surface area contributed by atoms with E-state index in [2.05, 4.69) is 5.32 Å². The average molecular weight is 445 g/mol. The number of ether oxygens (including phenoxy) is 2. The molecule has 0 unspecified atom stereocenters. The molecule has 0 fully saturated rings. The predicted octanol–water partition coefficient (Wildman–Crippen LogP) is 4.33. The second-order valence-corrected chi connectivity index (χ2v) is 9.12. The Morgan fingerprint density at radius 2 is 1.84 bits per heavy atom. The van der Waals surface area contributed by atoms with Gasteiger partial charge in [0.1, 0.15) is 6.04 Å². The number of nitrogens with one attached hydrogen (secondary N) is 1. The average Bonchev–Trinajstić information content (AvgIpc) is 3.17. The van der Waals surface area contributed by atoms with Gasteiger partial charge in [-0.25, -0.2) is 0 Å². The van der Waals surface area contributed by atoms with Crippen LogP contribution >= 0.6 is 11.6 Å². The first-order valence-electron chi connectivity index (χ1n) is 10.4. The van der Waals surface area contributed by atoms with Crippen molar-refractivity contribution < 1.29 is 19.1 Å². The van der Waals surface area contributed by atoms with Crippen molar-refractivity contribution in [2.45, 2.75) is 58.7 Å². The molecular weight excluding hydrogens is 416 g/mol. The molecule has 1 atom stereocenters. The van der Waals surface area contributed by atoms with Crippen LogP contribution in [0.1, 0.15) is 45.2 Å². The summed E-state index contributed by atoms with van der Waals surface area (Å²) in [5.74, 6) is 1.09. The van der Waals surface area contributed by atoms with Gasteiger partial charge < -0.3 is 19.7 Å². The molecule has 2 amide bonds. The van der Waals surface area contributed by atoms with Crippen molar-refractivity contribution in [1.82, 2.24) is 10.2 Å². The molecule has 31 heavy (non-hydrogen) atoms. The summed E-state index contributed by atoms with van der Waals surface area (Å²) >= 11 is 6.33. The summed E-state index contributed by atoms with van der Waals surface area (Å²) in [7, 11) is 0. The fraction of sp³-hybridized carbons (Fsp3) is 0.417. The lowest BCUT2D eigenvalue weighted by Gasteiger charge is -2.31. The van der Waals surface area contributed by atoms with Crippen molar-refractivity contribution in [3.05, 3.63) is 58.6 Å². The molecule has 3 rings (SSSR count). The van der Waals surface area contributed by atoms with E-state index in [0.29, 0.717) is 22.9 Å². The van der Waals surface area contributed by atoms with E-state index in [0.717, 1.165) is 11.1 Å². The number of fused-ring (bicyclic) bond motifs is 1. The van der Waals surface area contributed by atoms with Gasteiger partial charge in [0.05, 0.1) is 0 Å². The minimum atomic E-state index is -0.639. The lowest BCUT2D eigenvalue weighted by Crippen LogP contribution is -2.52. The summed E-state index contributed by atoms with van der Waals surface area (Å²) in [6.07, 6.45) is 0.791. The first kappa shape index (κ1) is 22.9. The normalized spacial score (nSPS) is 13.6. The van der Waals surface area contributed by atoms with Crippen LogP contribution in [0.15, 0.2) is 42.5 Å². The van der Waals surface area contributed by atoms with Crippen LogP contribution < -0.4 is 14.8 Å². The molecule has 0 spiro atoms. The topological polar surface area (TPSA) is 67.9 Å². The molecule has 2 aromatic carbocycles. The van der Waals surface area contributed by atoms with Gasteiger partial charge in [0.2, 0.25) is 18.6 Å². The first-order chi connectivity index (χ1) is 14.6. The Morgan fingerprint density at radius 1 is 1.13 bits per heavy atom. The van der Waals surface area contributed by atoms with Crippen LogP contribution in [0.2, 0.25) is 5.02 Å². The highest BCUT2D eigenvalue weighted by molar-refractivity contribution is 6.31. The standard InChI is InChI=1S/C24H29ClN2O4/c1-16(23(29)26-24(2,3)4)27(14-18-7-5-6-8-19(18)25)22(28)12-10-17-9-11-20-21(13-17)31-15-30-20/h5-9,11,13,16H,10,12,14-15H2,1-4H3,(H,26,29)/t16-/m1/s1. The molecule has 0 saturated heterocycles. The van der Waals surface area contributed by atoms with E-state index in [1.54, 1.807) is 17.9 Å². The predicted molar refractivity (Wildman–Crippen MR) is 120 cm³/mol. The molecule has 1 aliphatic heterocycles. The number of hydrogen-bond acceptors (Lipinski definition) is 4. The lowest BCUT2D eigenvalue weighted by atomic mass is 10.1. The molecule has 0 saturated carbocycles. The summed E-state index contributed by atoms with van der Waals surface area (Å²) in [5, 5.41) is 3.53. The van der Waals surface area contributed by atoms with E-state index in [4.69, 9.17) is 21.1 Å². The fourth-order valence-corrected chi connectivity index (χ4v) is 3.55. The van der Waals surface area contributed by atoms with Crippen LogP contribution in [0.3, 0.4) is 0 Å². The first-order valence-corrected chi connectivity index (χ1v) is 10.8. The molecule has 0 radical (unpaired) electrons. The van der Waals surface area contributed by atoms with Gasteiger partial charge in [-0.05, 0) is 63.4 Å². The molecule has 1 N–H and O–H groups in total. The summed E-state index contributed by atoms with van der Waals surface area (Å²) in [6.45, 7) is 7.96. The van der Waals surface area contributed by atoms with Gasteiger partial charge in [0, 0.05) is 23.5 Å². The Bertz CT molecular complexity index is 955. The molecule has 2 aromatic rings. The van der Waals surface area contributed by atoms with Crippen molar-refractivity contribution in [2.75, 3.05) is 6.79 Å². The Labute approximate surface area is 188 Å². The van der Waals surface area contributed by atoms with Crippen molar-refractivity contribution in [3.8, 4) is 11.5 Å². The number of halogens is 1. The maximum atomic E-state index is 13.2. The Morgan fingerprint density at radius 3 is 2.55 bits per heavy atom. The largest absolute Gasteiger partial charge is 0.454 e. The maximum Gasteiger partial charge on any atom is 0.242 e. The van der Waals surface area contributed by atoms with E-state index in [9.17, 15) is 9.59 Å². The van der Waals surface area contributed by atoms with Crippen LogP contribution in [-0.4, -0.2) is 35.1 Å². The van der Waals surface area contributed by atoms with Crippen LogP contribution in [0, 0.1) is 0 Å². The molecule has 0 aliphatic carbocycles. The van der Waals surface area contributed by atoms with E-state index in [1.807, 2.05) is 57.2 Å². The van der Waals surface area contributed by atoms with Crippen LogP contribution in [0.5, 0.6) is 11.5 Å². The maximum absolute atomic E-state index is 13.2. The third kappa shape index (κ3) is 6.14. The van der Waals surface area contributed by atoms with Crippen LogP contribution in [-0.2, 0) is 22.6 Å². The van der Waals surface area contributed by atoms with Crippen molar-refractivity contribution in [3.63, 3.8) is 0 Å². The summed E-state index contributed by atoms with van der Waals surface area (Å²) < 4.78 is 10.8. The molecule has 0 aromatic heterocycles. The molecule has 1 aliphatic rings. The van der Waals surface area contributed by atoms with Crippen molar-refractivity contribution in [2.24, 2.45) is 0 Å². The summed E-state index contributed by atoms with van der Waals surface area (Å²) in [5.41, 5.74) is 1.38. The Hall–Kier alpha value is -2.73. The fourth-order valence-electron chi connectivity index (χ4n) is 3.36. The van der Waals surface area contributed by atoms with Gasteiger partial charge in [0.25, 0.3) is 0 Å². The SMILES string of the molecule is C[C@H](C(=O)NC(C)(C)C)N(Cc1ccccc1Cl)C(=O)CCc1ccc2c(c1)OCO2. The summed E-state index contributed by atoms with van der Waals surface area (Å²) in [4.78, 5) is 27.6. The second-order valence-electron chi connectivity index (χ2n) is 8.72. The zero-order valence-electron chi connectivity index (χ0n) is 18.4. The minimum Gasteiger partial charge on any atom is -0.454 e. The lowest BCUT2D eigenvalue weighted by molar-refractivity contribution is -0.141. The highest BCUT2D eigenvalue weighted by atomic mass is 35.5. The van der Waals surface area contributed by atoms with Gasteiger partial charge in [0.15, 0.2) is 11.5 Å². The zero-order valence-corrected chi connectivity index (χ0v) is 19.2. The Kier molecular flexibility index (Phi) is 7.11. The summed E-state index contributed by atoms with van der Waals surface area (Å²) in [6, 6.07) is 12.4. The molecule has 6 nitrogen and oxygen atoms in total. The molecule has 0 bridgehead atoms. The van der Waals surface area contributed by atoms with Crippen molar-refractivity contribution in [1.29, 1.82) is 0 Å². The van der Waals surface area contributed by atoms with E-state index in [1.165, 1.54) is 0 Å². The zero-order chi connectivity index (χ0) is 22.6. The number of carbonyl (C=O) groups excluding carboxylic acids is 2. The number of rotatable bonds is 7. The minimum absolute atomic E-state index is 0.117. The smallest absolute Gasteiger partial charge is 0.242 e. The highest BCUT2D eigenvalue weighted by Crippen LogP contribution is 2.33. The third-order valence-electron chi connectivity index (χ3n) is 5.03. The van der Waals surface area contributed by atoms with Gasteiger partial charge in [-0.1, -0.05) is 35.9 Å². The number of aryl methyl sites for hydroxylation is 1. The highest BCUT2D eigenvalue weighted by Gasteiger charge is 2.28. The van der Waals surface area contributed by atoms with E-state index < -0.39 is 11.6 Å². The monoisotopic (exact) mass is 444 g/mol. The van der Waals surface area contributed by atoms with Crippen LogP contribution in [0.25, 0.3) is 0 Å². The van der Waals surface area contributed by atoms with Gasteiger partial charge in [-0.3, -0.25) is 9.59 Å². The van der Waals surface area contributed by atoms with E-state index >= 15 is 0 Å². The molecule has 7 heteroatoms. The number of amides is 2.